The summed E-state index contributed by atoms with van der Waals surface area (Å²) in [6.45, 7) is 2.88. The molecule has 0 bridgehead atoms. The molecule has 5 nitrogen and oxygen atoms in total. The molecule has 2 aromatic carbocycles. The second-order valence-electron chi connectivity index (χ2n) is 8.75. The first kappa shape index (κ1) is 30.6. The van der Waals surface area contributed by atoms with Gasteiger partial charge in [0.15, 0.2) is 15.9 Å². The van der Waals surface area contributed by atoms with Crippen LogP contribution in [-0.4, -0.2) is 45.0 Å². The molecule has 1 aliphatic rings. The second-order valence-corrected chi connectivity index (χ2v) is 10.8. The lowest BCUT2D eigenvalue weighted by Gasteiger charge is -2.22. The van der Waals surface area contributed by atoms with Gasteiger partial charge in [0, 0.05) is 11.7 Å². The van der Waals surface area contributed by atoms with Crippen LogP contribution >= 0.6 is 0 Å². The third-order valence-electron chi connectivity index (χ3n) is 5.63. The lowest BCUT2D eigenvalue weighted by Crippen LogP contribution is -2.31. The lowest BCUT2D eigenvalue weighted by molar-refractivity contribution is -0.189. The van der Waals surface area contributed by atoms with E-state index < -0.39 is 22.1 Å². The Morgan fingerprint density at radius 3 is 1.89 bits per heavy atom. The van der Waals surface area contributed by atoms with Gasteiger partial charge in [-0.1, -0.05) is 61.6 Å². The van der Waals surface area contributed by atoms with Crippen LogP contribution in [0.25, 0.3) is 0 Å². The Balaban J connectivity index is 0.000000267. The van der Waals surface area contributed by atoms with E-state index in [9.17, 15) is 26.4 Å². The standard InChI is InChI=1S/C10H11F3O.C9H16O2.C7H8O2S/c1-7-3-5-9(6-4-7)14-8(2)10(11,12)13;10-7-9(8-11)5-3-1-2-4-6-9;1-10(8,9)7-5-3-2-4-6-7/h3-6,8H,1-2H3;7,11H,1-6,8H2;2-6H,1H3. The predicted molar refractivity (Wildman–Crippen MR) is 130 cm³/mol. The molecule has 0 amide bonds. The average Bonchev–Trinajstić information content (AvgIpc) is 3.07. The Kier molecular flexibility index (Phi) is 12.5. The maximum atomic E-state index is 12.1. The quantitative estimate of drug-likeness (QED) is 0.393. The van der Waals surface area contributed by atoms with Crippen LogP contribution in [-0.2, 0) is 14.6 Å². The largest absolute Gasteiger partial charge is 0.481 e. The van der Waals surface area contributed by atoms with Crippen LogP contribution in [0.3, 0.4) is 0 Å². The van der Waals surface area contributed by atoms with Crippen molar-refractivity contribution >= 4 is 16.1 Å². The summed E-state index contributed by atoms with van der Waals surface area (Å²) in [6, 6.07) is 14.8. The lowest BCUT2D eigenvalue weighted by atomic mass is 9.83. The van der Waals surface area contributed by atoms with E-state index in [1.165, 1.54) is 31.2 Å². The third-order valence-corrected chi connectivity index (χ3v) is 6.76. The predicted octanol–water partition coefficient (Wildman–Crippen LogP) is 5.93. The maximum absolute atomic E-state index is 12.1. The van der Waals surface area contributed by atoms with Gasteiger partial charge in [-0.2, -0.15) is 13.2 Å². The number of hydrogen-bond acceptors (Lipinski definition) is 5. The minimum atomic E-state index is -4.31. The van der Waals surface area contributed by atoms with E-state index in [4.69, 9.17) is 9.84 Å². The Bertz CT molecular complexity index is 966. The topological polar surface area (TPSA) is 80.7 Å². The molecule has 1 unspecified atom stereocenters. The number of benzene rings is 2. The van der Waals surface area contributed by atoms with E-state index in [2.05, 4.69) is 0 Å². The molecule has 0 saturated heterocycles. The molecule has 1 saturated carbocycles. The summed E-state index contributed by atoms with van der Waals surface area (Å²) in [7, 11) is -3.00. The number of halogens is 3. The highest BCUT2D eigenvalue weighted by Crippen LogP contribution is 2.32. The highest BCUT2D eigenvalue weighted by Gasteiger charge is 2.38. The van der Waals surface area contributed by atoms with Crippen molar-refractivity contribution < 1.29 is 36.2 Å². The molecule has 0 radical (unpaired) electrons. The van der Waals surface area contributed by atoms with E-state index in [0.29, 0.717) is 4.90 Å². The van der Waals surface area contributed by atoms with Crippen LogP contribution in [0, 0.1) is 12.3 Å². The van der Waals surface area contributed by atoms with Crippen LogP contribution in [0.5, 0.6) is 5.75 Å². The average molecular weight is 517 g/mol. The highest BCUT2D eigenvalue weighted by molar-refractivity contribution is 7.90. The maximum Gasteiger partial charge on any atom is 0.425 e. The SMILES string of the molecule is CS(=O)(=O)c1ccccc1.Cc1ccc(OC(C)C(F)(F)F)cc1.O=CC1(CO)CCCCCC1. The molecule has 0 aromatic heterocycles. The van der Waals surface area contributed by atoms with E-state index >= 15 is 0 Å². The second kappa shape index (κ2) is 14.2. The number of aliphatic hydroxyl groups is 1. The molecule has 2 aromatic rings. The Hall–Kier alpha value is -2.39. The molecule has 1 N–H and O–H groups in total. The van der Waals surface area contributed by atoms with Crippen molar-refractivity contribution in [1.82, 2.24) is 0 Å². The zero-order chi connectivity index (χ0) is 26.5. The van der Waals surface area contributed by atoms with Gasteiger partial charge in [-0.05, 0) is 51.0 Å². The molecule has 196 valence electrons. The molecule has 1 atom stereocenters. The smallest absolute Gasteiger partial charge is 0.425 e. The third kappa shape index (κ3) is 11.7. The number of aryl methyl sites for hydroxylation is 1. The molecule has 0 spiro atoms. The summed E-state index contributed by atoms with van der Waals surface area (Å²) in [5.41, 5.74) is 0.605. The summed E-state index contributed by atoms with van der Waals surface area (Å²) in [5, 5.41) is 9.04. The normalized spacial score (nSPS) is 16.3. The fourth-order valence-corrected chi connectivity index (χ4v) is 3.95. The molecule has 9 heteroatoms. The molecular weight excluding hydrogens is 481 g/mol. The number of ether oxygens (including phenoxy) is 1. The fourth-order valence-electron chi connectivity index (χ4n) is 3.30. The van der Waals surface area contributed by atoms with Gasteiger partial charge in [0.25, 0.3) is 0 Å². The summed E-state index contributed by atoms with van der Waals surface area (Å²) >= 11 is 0. The minimum absolute atomic E-state index is 0.0382. The first-order chi connectivity index (χ1) is 16.3. The van der Waals surface area contributed by atoms with Crippen LogP contribution < -0.4 is 4.74 Å². The Morgan fingerprint density at radius 2 is 1.51 bits per heavy atom. The zero-order valence-corrected chi connectivity index (χ0v) is 21.2. The molecule has 35 heavy (non-hydrogen) atoms. The van der Waals surface area contributed by atoms with Crippen molar-refractivity contribution in [1.29, 1.82) is 0 Å². The summed E-state index contributed by atoms with van der Waals surface area (Å²) in [4.78, 5) is 11.1. The van der Waals surface area contributed by atoms with Crippen LogP contribution in [0.4, 0.5) is 13.2 Å². The van der Waals surface area contributed by atoms with Gasteiger partial charge in [0.05, 0.1) is 11.5 Å². The number of aldehydes is 1. The number of carbonyl (C=O) groups is 1. The molecule has 0 aliphatic heterocycles. The molecule has 1 aliphatic carbocycles. The zero-order valence-electron chi connectivity index (χ0n) is 20.4. The molecule has 0 heterocycles. The summed E-state index contributed by atoms with van der Waals surface area (Å²) < 4.78 is 62.6. The number of hydrogen-bond donors (Lipinski definition) is 1. The van der Waals surface area contributed by atoms with Gasteiger partial charge in [0.2, 0.25) is 0 Å². The first-order valence-corrected chi connectivity index (χ1v) is 13.3. The number of aliphatic hydroxyl groups excluding tert-OH is 1. The first-order valence-electron chi connectivity index (χ1n) is 11.5. The van der Waals surface area contributed by atoms with Gasteiger partial charge < -0.3 is 14.6 Å². The van der Waals surface area contributed by atoms with E-state index in [-0.39, 0.29) is 17.8 Å². The summed E-state index contributed by atoms with van der Waals surface area (Å²) in [5.74, 6) is 0.237. The van der Waals surface area contributed by atoms with Crippen LogP contribution in [0.2, 0.25) is 0 Å². The van der Waals surface area contributed by atoms with Crippen LogP contribution in [0.1, 0.15) is 51.0 Å². The van der Waals surface area contributed by atoms with Crippen molar-refractivity contribution in [3.05, 3.63) is 60.2 Å². The van der Waals surface area contributed by atoms with Crippen molar-refractivity contribution in [2.75, 3.05) is 12.9 Å². The molecule has 3 rings (SSSR count). The minimum Gasteiger partial charge on any atom is -0.481 e. The van der Waals surface area contributed by atoms with Gasteiger partial charge in [-0.3, -0.25) is 0 Å². The highest BCUT2D eigenvalue weighted by atomic mass is 32.2. The molecule has 1 fully saturated rings. The van der Waals surface area contributed by atoms with Gasteiger partial charge in [-0.25, -0.2) is 8.42 Å². The van der Waals surface area contributed by atoms with E-state index in [1.54, 1.807) is 42.5 Å². The van der Waals surface area contributed by atoms with E-state index in [0.717, 1.165) is 44.5 Å². The number of carbonyl (C=O) groups excluding carboxylic acids is 1. The van der Waals surface area contributed by atoms with Crippen LogP contribution in [0.15, 0.2) is 59.5 Å². The van der Waals surface area contributed by atoms with Gasteiger partial charge in [-0.15, -0.1) is 0 Å². The Morgan fingerprint density at radius 1 is 1.00 bits per heavy atom. The summed E-state index contributed by atoms with van der Waals surface area (Å²) in [6.07, 6.45) is 2.46. The van der Waals surface area contributed by atoms with E-state index in [1.807, 2.05) is 6.92 Å². The van der Waals surface area contributed by atoms with Gasteiger partial charge in [0.1, 0.15) is 12.0 Å². The van der Waals surface area contributed by atoms with Crippen molar-refractivity contribution in [2.24, 2.45) is 5.41 Å². The molecular formula is C26H35F3O5S. The van der Waals surface area contributed by atoms with Crippen molar-refractivity contribution in [3.8, 4) is 5.75 Å². The van der Waals surface area contributed by atoms with Crippen molar-refractivity contribution in [3.63, 3.8) is 0 Å². The number of sulfone groups is 1. The monoisotopic (exact) mass is 516 g/mol. The van der Waals surface area contributed by atoms with Crippen molar-refractivity contribution in [2.45, 2.75) is 69.5 Å². The van der Waals surface area contributed by atoms with Gasteiger partial charge >= 0.3 is 6.18 Å². The number of alkyl halides is 3. The Labute approximate surface area is 206 Å². The fraction of sp³-hybridized carbons (Fsp3) is 0.500. The number of rotatable bonds is 5.